The predicted molar refractivity (Wildman–Crippen MR) is 142 cm³/mol. The van der Waals surface area contributed by atoms with E-state index in [-0.39, 0.29) is 41.0 Å². The smallest absolute Gasteiger partial charge is 0.543 e. The number of aromatic nitrogens is 2. The second-order valence-electron chi connectivity index (χ2n) is 8.53. The molecule has 0 saturated carbocycles. The van der Waals surface area contributed by atoms with Gasteiger partial charge in [-0.05, 0) is 37.1 Å². The third-order valence-corrected chi connectivity index (χ3v) is 9.21. The maximum Gasteiger partial charge on any atom is 1.00 e. The first-order valence-corrected chi connectivity index (χ1v) is 14.4. The number of aryl methyl sites for hydroxylation is 1. The molecule has 16 heteroatoms. The Balaban J connectivity index is 0.00000441. The number of carboxylic acids is 1. The van der Waals surface area contributed by atoms with E-state index in [0.717, 1.165) is 9.91 Å². The van der Waals surface area contributed by atoms with Gasteiger partial charge in [0, 0.05) is 23.3 Å². The van der Waals surface area contributed by atoms with E-state index in [2.05, 4.69) is 25.6 Å². The maximum atomic E-state index is 13.4. The van der Waals surface area contributed by atoms with Crippen LogP contribution in [0, 0.1) is 6.92 Å². The predicted octanol–water partition coefficient (Wildman–Crippen LogP) is -2.54. The number of thioether (sulfide) groups is 2. The van der Waals surface area contributed by atoms with Crippen LogP contribution >= 0.6 is 34.9 Å². The Kier molecular flexibility index (Phi) is 11.1. The molecule has 1 fully saturated rings. The van der Waals surface area contributed by atoms with Crippen LogP contribution in [-0.2, 0) is 23.9 Å². The van der Waals surface area contributed by atoms with Crippen LogP contribution in [0.25, 0.3) is 0 Å². The van der Waals surface area contributed by atoms with Crippen molar-refractivity contribution >= 4 is 58.6 Å². The molecule has 1 aromatic carbocycles. The number of amides is 2. The normalized spacial score (nSPS) is 19.1. The summed E-state index contributed by atoms with van der Waals surface area (Å²) in [4.78, 5) is 51.3. The van der Waals surface area contributed by atoms with E-state index in [4.69, 9.17) is 0 Å². The van der Waals surface area contributed by atoms with Gasteiger partial charge < -0.3 is 30.4 Å². The van der Waals surface area contributed by atoms with Gasteiger partial charge in [-0.1, -0.05) is 35.2 Å². The Labute approximate surface area is 264 Å². The Morgan fingerprint density at radius 3 is 2.60 bits per heavy atom. The average molecular weight is 614 g/mol. The summed E-state index contributed by atoms with van der Waals surface area (Å²) in [7, 11) is 1.22. The molecule has 0 spiro atoms. The number of rotatable bonds is 10. The van der Waals surface area contributed by atoms with Gasteiger partial charge in [0.05, 0.1) is 18.8 Å². The number of β-lactam (4-membered cyclic amide) rings is 1. The van der Waals surface area contributed by atoms with Crippen molar-refractivity contribution in [1.29, 1.82) is 0 Å². The molecule has 0 bridgehead atoms. The zero-order chi connectivity index (χ0) is 28.3. The van der Waals surface area contributed by atoms with Crippen LogP contribution in [0.4, 0.5) is 0 Å². The fourth-order valence-corrected chi connectivity index (χ4v) is 7.28. The van der Waals surface area contributed by atoms with Crippen molar-refractivity contribution in [3.8, 4) is 5.75 Å². The number of benzene rings is 1. The third kappa shape index (κ3) is 7.19. The topological polar surface area (TPSA) is 174 Å². The van der Waals surface area contributed by atoms with E-state index in [9.17, 15) is 29.4 Å². The van der Waals surface area contributed by atoms with Gasteiger partial charge in [-0.2, -0.15) is 0 Å². The molecule has 0 aliphatic carbocycles. The van der Waals surface area contributed by atoms with Crippen LogP contribution in [-0.4, -0.2) is 74.0 Å². The van der Waals surface area contributed by atoms with Crippen molar-refractivity contribution in [1.82, 2.24) is 25.7 Å². The van der Waals surface area contributed by atoms with Crippen LogP contribution in [0.15, 0.2) is 51.6 Å². The molecular formula is C24H24N5NaO7S3. The Morgan fingerprint density at radius 1 is 1.30 bits per heavy atom. The molecule has 40 heavy (non-hydrogen) atoms. The second-order valence-corrected chi connectivity index (χ2v) is 12.0. The number of esters is 1. The molecule has 12 nitrogen and oxygen atoms in total. The zero-order valence-corrected chi connectivity index (χ0v) is 26.4. The number of methoxy groups -OCH3 is 1. The molecule has 2 aromatic rings. The van der Waals surface area contributed by atoms with Crippen molar-refractivity contribution in [2.75, 3.05) is 18.6 Å². The number of aromatic hydroxyl groups is 1. The van der Waals surface area contributed by atoms with Gasteiger partial charge in [-0.15, -0.1) is 22.0 Å². The third-order valence-electron chi connectivity index (χ3n) is 5.81. The average Bonchev–Trinajstić information content (AvgIpc) is 3.33. The number of carbonyl (C=O) groups is 4. The molecular weight excluding hydrogens is 589 g/mol. The summed E-state index contributed by atoms with van der Waals surface area (Å²) in [5, 5.41) is 35.5. The Bertz CT molecular complexity index is 1360. The number of phenols is 1. The van der Waals surface area contributed by atoms with Gasteiger partial charge >= 0.3 is 35.5 Å². The van der Waals surface area contributed by atoms with Crippen LogP contribution in [0.3, 0.4) is 0 Å². The van der Waals surface area contributed by atoms with E-state index in [0.29, 0.717) is 32.7 Å². The summed E-state index contributed by atoms with van der Waals surface area (Å²) in [6, 6.07) is 3.88. The van der Waals surface area contributed by atoms with E-state index in [1.54, 1.807) is 6.92 Å². The number of nitrogens with one attached hydrogen (secondary N) is 2. The number of ether oxygens (including phenoxy) is 1. The quantitative estimate of drug-likeness (QED) is 0.0844. The van der Waals surface area contributed by atoms with Gasteiger partial charge in [-0.25, -0.2) is 4.79 Å². The first-order valence-electron chi connectivity index (χ1n) is 11.5. The van der Waals surface area contributed by atoms with Crippen molar-refractivity contribution in [3.05, 3.63) is 57.9 Å². The van der Waals surface area contributed by atoms with Crippen molar-refractivity contribution < 1.29 is 63.7 Å². The second kappa shape index (κ2) is 13.9. The molecule has 2 amide bonds. The number of nitrogens with zero attached hydrogens (tertiary/aromatic N) is 3. The minimum Gasteiger partial charge on any atom is -0.543 e. The summed E-state index contributed by atoms with van der Waals surface area (Å²) < 4.78 is 5.31. The number of carbonyl (C=O) groups excluding carboxylic acids is 4. The SMILES string of the molecule is COC(=O)/C=C(\C)NC(C(=O)NC1C(=O)N2C(C(=O)[O-])=C(CSc3nnc(C)s3)CS[C@H]12)c1ccc(O)cc1.[Na+]. The summed E-state index contributed by atoms with van der Waals surface area (Å²) in [6.45, 7) is 3.39. The maximum absolute atomic E-state index is 13.4. The van der Waals surface area contributed by atoms with Gasteiger partial charge in [0.25, 0.3) is 5.91 Å². The van der Waals surface area contributed by atoms with Crippen molar-refractivity contribution in [2.24, 2.45) is 0 Å². The molecule has 2 aliphatic heterocycles. The zero-order valence-electron chi connectivity index (χ0n) is 22.0. The van der Waals surface area contributed by atoms with Crippen molar-refractivity contribution in [2.45, 2.75) is 35.6 Å². The van der Waals surface area contributed by atoms with E-state index < -0.39 is 41.2 Å². The molecule has 3 atom stereocenters. The molecule has 0 radical (unpaired) electrons. The minimum absolute atomic E-state index is 0. The van der Waals surface area contributed by atoms with E-state index >= 15 is 0 Å². The monoisotopic (exact) mass is 613 g/mol. The van der Waals surface area contributed by atoms with E-state index in [1.807, 2.05) is 6.92 Å². The first-order chi connectivity index (χ1) is 18.6. The molecule has 1 saturated heterocycles. The molecule has 3 heterocycles. The fraction of sp³-hybridized carbons (Fsp3) is 0.333. The molecule has 1 aromatic heterocycles. The summed E-state index contributed by atoms with van der Waals surface area (Å²) >= 11 is 4.06. The van der Waals surface area contributed by atoms with Gasteiger partial charge in [0.1, 0.15) is 28.2 Å². The summed E-state index contributed by atoms with van der Waals surface area (Å²) in [6.07, 6.45) is 1.17. The molecule has 3 N–H and O–H groups in total. The first kappa shape index (κ1) is 32.0. The van der Waals surface area contributed by atoms with Crippen LogP contribution in [0.5, 0.6) is 5.75 Å². The van der Waals surface area contributed by atoms with Crippen LogP contribution in [0.2, 0.25) is 0 Å². The van der Waals surface area contributed by atoms with E-state index in [1.165, 1.54) is 72.3 Å². The molecule has 2 aliphatic rings. The Hall–Kier alpha value is -2.56. The van der Waals surface area contributed by atoms with Gasteiger partial charge in [0.2, 0.25) is 5.91 Å². The number of carboxylic acid groups (broad SMARTS) is 1. The minimum atomic E-state index is -1.46. The number of fused-ring (bicyclic) bond motifs is 1. The largest absolute Gasteiger partial charge is 1.00 e. The summed E-state index contributed by atoms with van der Waals surface area (Å²) in [5.41, 5.74) is 1.13. The fourth-order valence-electron chi connectivity index (χ4n) is 3.98. The number of phenolic OH excluding ortho intramolecular Hbond substituents is 1. The summed E-state index contributed by atoms with van der Waals surface area (Å²) in [5.74, 6) is -2.60. The number of hydrogen-bond acceptors (Lipinski definition) is 13. The molecule has 4 rings (SSSR count). The van der Waals surface area contributed by atoms with Gasteiger partial charge in [0.15, 0.2) is 4.34 Å². The standard InChI is InChI=1S/C24H25N5O7S3.Na/c1-11(8-16(31)36-3)25-17(13-4-6-15(30)7-5-13)20(32)26-18-21(33)29-19(23(34)35)14(9-37-22(18)29)10-38-24-28-27-12(2)39-24;/h4-8,17-18,22,25,30H,9-10H2,1-3H3,(H,26,32)(H,34,35);/q;+1/p-1/b11-8+;/t17?,18?,22-;/m1./s1. The van der Waals surface area contributed by atoms with Crippen LogP contribution < -0.4 is 45.3 Å². The Morgan fingerprint density at radius 2 is 2.00 bits per heavy atom. The molecule has 206 valence electrons. The molecule has 2 unspecified atom stereocenters. The number of hydrogen-bond donors (Lipinski definition) is 3. The number of allylic oxidation sites excluding steroid dienone is 1. The number of aliphatic carboxylic acids is 1. The van der Waals surface area contributed by atoms with Gasteiger partial charge in [-0.3, -0.25) is 14.5 Å². The van der Waals surface area contributed by atoms with Crippen molar-refractivity contribution in [3.63, 3.8) is 0 Å². The van der Waals surface area contributed by atoms with Crippen LogP contribution in [0.1, 0.15) is 23.5 Å².